The van der Waals surface area contributed by atoms with Crippen LogP contribution in [0.25, 0.3) is 0 Å². The van der Waals surface area contributed by atoms with Gasteiger partial charge in [0.1, 0.15) is 0 Å². The Morgan fingerprint density at radius 3 is 2.72 bits per heavy atom. The molecule has 1 aromatic heterocycles. The van der Waals surface area contributed by atoms with Gasteiger partial charge in [0, 0.05) is 26.1 Å². The van der Waals surface area contributed by atoms with Gasteiger partial charge in [-0.25, -0.2) is 4.79 Å². The smallest absolute Gasteiger partial charge is 0.317 e. The Labute approximate surface area is 147 Å². The number of aliphatic hydroxyl groups is 1. The summed E-state index contributed by atoms with van der Waals surface area (Å²) in [7, 11) is 0. The van der Waals surface area contributed by atoms with Gasteiger partial charge in [-0.1, -0.05) is 35.5 Å². The number of hydrogen-bond donors (Lipinski definition) is 2. The molecule has 25 heavy (non-hydrogen) atoms. The molecule has 0 aliphatic carbocycles. The second-order valence-electron chi connectivity index (χ2n) is 6.40. The van der Waals surface area contributed by atoms with Gasteiger partial charge in [-0.3, -0.25) is 0 Å². The maximum absolute atomic E-state index is 12.2. The van der Waals surface area contributed by atoms with Crippen LogP contribution >= 0.6 is 0 Å². The normalized spacial score (nSPS) is 16.6. The van der Waals surface area contributed by atoms with Crippen molar-refractivity contribution in [2.45, 2.75) is 32.3 Å². The first-order valence-corrected chi connectivity index (χ1v) is 8.68. The number of likely N-dealkylation sites (tertiary alicyclic amines) is 1. The van der Waals surface area contributed by atoms with Crippen molar-refractivity contribution in [2.24, 2.45) is 5.92 Å². The maximum atomic E-state index is 12.2. The second kappa shape index (κ2) is 8.11. The van der Waals surface area contributed by atoms with Crippen molar-refractivity contribution in [2.75, 3.05) is 19.6 Å². The molecule has 2 heterocycles. The van der Waals surface area contributed by atoms with E-state index in [1.807, 2.05) is 30.3 Å². The number of rotatable bonds is 5. The number of carbonyl (C=O) groups excluding carboxylic acids is 1. The third-order valence-corrected chi connectivity index (χ3v) is 4.60. The number of urea groups is 1. The first kappa shape index (κ1) is 17.4. The molecule has 7 nitrogen and oxygen atoms in total. The van der Waals surface area contributed by atoms with Crippen LogP contribution in [0.15, 0.2) is 34.9 Å². The van der Waals surface area contributed by atoms with Gasteiger partial charge in [0.15, 0.2) is 5.82 Å². The Hall–Kier alpha value is -2.41. The lowest BCUT2D eigenvalue weighted by Crippen LogP contribution is -2.45. The maximum Gasteiger partial charge on any atom is 0.317 e. The van der Waals surface area contributed by atoms with E-state index in [1.165, 1.54) is 0 Å². The lowest BCUT2D eigenvalue weighted by atomic mass is 9.87. The van der Waals surface area contributed by atoms with Crippen LogP contribution in [-0.2, 0) is 6.42 Å². The fraction of sp³-hybridized carbons (Fsp3) is 0.500. The molecule has 2 aromatic rings. The topological polar surface area (TPSA) is 91.5 Å². The van der Waals surface area contributed by atoms with Crippen molar-refractivity contribution in [1.29, 1.82) is 0 Å². The molecule has 0 bridgehead atoms. The summed E-state index contributed by atoms with van der Waals surface area (Å²) in [5.74, 6) is 1.32. The second-order valence-corrected chi connectivity index (χ2v) is 6.40. The zero-order valence-electron chi connectivity index (χ0n) is 14.4. The average molecular weight is 344 g/mol. The Kier molecular flexibility index (Phi) is 5.65. The monoisotopic (exact) mass is 344 g/mol. The summed E-state index contributed by atoms with van der Waals surface area (Å²) in [6.45, 7) is 3.53. The lowest BCUT2D eigenvalue weighted by molar-refractivity contribution is 0.0665. The van der Waals surface area contributed by atoms with E-state index in [1.54, 1.807) is 11.8 Å². The van der Waals surface area contributed by atoms with Crippen LogP contribution in [0.1, 0.15) is 36.2 Å². The van der Waals surface area contributed by atoms with Gasteiger partial charge < -0.3 is 19.8 Å². The van der Waals surface area contributed by atoms with Crippen LogP contribution in [0.2, 0.25) is 0 Å². The van der Waals surface area contributed by atoms with Crippen LogP contribution < -0.4 is 5.32 Å². The van der Waals surface area contributed by atoms with E-state index in [4.69, 9.17) is 4.52 Å². The summed E-state index contributed by atoms with van der Waals surface area (Å²) in [4.78, 5) is 18.1. The van der Waals surface area contributed by atoms with Gasteiger partial charge in [0.05, 0.1) is 6.10 Å². The van der Waals surface area contributed by atoms with E-state index >= 15 is 0 Å². The Bertz CT molecular complexity index is 681. The number of carbonyl (C=O) groups is 1. The number of nitrogens with one attached hydrogen (secondary N) is 1. The molecule has 0 spiro atoms. The van der Waals surface area contributed by atoms with Crippen molar-refractivity contribution in [1.82, 2.24) is 20.4 Å². The van der Waals surface area contributed by atoms with Crippen LogP contribution in [0.4, 0.5) is 4.79 Å². The van der Waals surface area contributed by atoms with Crippen LogP contribution in [0, 0.1) is 12.8 Å². The number of aliphatic hydroxyl groups excluding tert-OH is 1. The minimum absolute atomic E-state index is 0.0797. The molecule has 3 rings (SSSR count). The number of benzene rings is 1. The molecule has 2 N–H and O–H groups in total. The summed E-state index contributed by atoms with van der Waals surface area (Å²) in [6, 6.07) is 9.63. The van der Waals surface area contributed by atoms with Crippen LogP contribution in [-0.4, -0.2) is 45.8 Å². The molecule has 1 aliphatic heterocycles. The predicted molar refractivity (Wildman–Crippen MR) is 91.8 cm³/mol. The van der Waals surface area contributed by atoms with Gasteiger partial charge in [-0.2, -0.15) is 4.98 Å². The van der Waals surface area contributed by atoms with Gasteiger partial charge in [-0.05, 0) is 31.2 Å². The number of nitrogens with zero attached hydrogens (tertiary/aromatic N) is 3. The average Bonchev–Trinajstić information content (AvgIpc) is 3.07. The molecule has 1 aliphatic rings. The highest BCUT2D eigenvalue weighted by atomic mass is 16.5. The van der Waals surface area contributed by atoms with Gasteiger partial charge >= 0.3 is 6.03 Å². The molecule has 0 saturated carbocycles. The van der Waals surface area contributed by atoms with E-state index in [2.05, 4.69) is 15.5 Å². The SMILES string of the molecule is Cc1noc(CCNC(=O)N2CCC(C(O)c3ccccc3)CC2)n1. The first-order valence-electron chi connectivity index (χ1n) is 8.68. The van der Waals surface area contributed by atoms with Crippen molar-refractivity contribution < 1.29 is 14.4 Å². The zero-order valence-corrected chi connectivity index (χ0v) is 14.4. The van der Waals surface area contributed by atoms with Crippen molar-refractivity contribution in [3.63, 3.8) is 0 Å². The summed E-state index contributed by atoms with van der Waals surface area (Å²) in [6.07, 6.45) is 1.65. The van der Waals surface area contributed by atoms with Gasteiger partial charge in [-0.15, -0.1) is 0 Å². The van der Waals surface area contributed by atoms with Gasteiger partial charge in [0.2, 0.25) is 5.89 Å². The minimum Gasteiger partial charge on any atom is -0.388 e. The third-order valence-electron chi connectivity index (χ3n) is 4.60. The molecule has 134 valence electrons. The molecule has 1 saturated heterocycles. The summed E-state index contributed by atoms with van der Waals surface area (Å²) in [5, 5.41) is 17.1. The zero-order chi connectivity index (χ0) is 17.6. The summed E-state index contributed by atoms with van der Waals surface area (Å²) in [5.41, 5.74) is 0.945. The molecule has 1 fully saturated rings. The summed E-state index contributed by atoms with van der Waals surface area (Å²) >= 11 is 0. The third kappa shape index (κ3) is 4.57. The fourth-order valence-electron chi connectivity index (χ4n) is 3.17. The standard InChI is InChI=1S/C18H24N4O3/c1-13-20-16(25-21-13)7-10-19-18(24)22-11-8-15(9-12-22)17(23)14-5-3-2-4-6-14/h2-6,15,17,23H,7-12H2,1H3,(H,19,24). The highest BCUT2D eigenvalue weighted by molar-refractivity contribution is 5.74. The van der Waals surface area contributed by atoms with E-state index in [0.29, 0.717) is 37.8 Å². The highest BCUT2D eigenvalue weighted by Gasteiger charge is 2.28. The molecule has 0 radical (unpaired) electrons. The van der Waals surface area contributed by atoms with Crippen molar-refractivity contribution in [3.8, 4) is 0 Å². The van der Waals surface area contributed by atoms with Crippen molar-refractivity contribution >= 4 is 6.03 Å². The quantitative estimate of drug-likeness (QED) is 0.866. The van der Waals surface area contributed by atoms with E-state index in [9.17, 15) is 9.90 Å². The molecule has 1 atom stereocenters. The Balaban J connectivity index is 1.41. The largest absolute Gasteiger partial charge is 0.388 e. The first-order chi connectivity index (χ1) is 12.1. The fourth-order valence-corrected chi connectivity index (χ4v) is 3.17. The molecule has 2 amide bonds. The molecular weight excluding hydrogens is 320 g/mol. The van der Waals surface area contributed by atoms with Gasteiger partial charge in [0.25, 0.3) is 0 Å². The molecule has 1 unspecified atom stereocenters. The van der Waals surface area contributed by atoms with E-state index in [0.717, 1.165) is 18.4 Å². The number of aryl methyl sites for hydroxylation is 1. The van der Waals surface area contributed by atoms with E-state index in [-0.39, 0.29) is 11.9 Å². The molecular formula is C18H24N4O3. The highest BCUT2D eigenvalue weighted by Crippen LogP contribution is 2.30. The Morgan fingerprint density at radius 2 is 2.08 bits per heavy atom. The Morgan fingerprint density at radius 1 is 1.36 bits per heavy atom. The molecule has 7 heteroatoms. The number of piperidine rings is 1. The number of amides is 2. The number of hydrogen-bond acceptors (Lipinski definition) is 5. The number of aromatic nitrogens is 2. The minimum atomic E-state index is -0.466. The van der Waals surface area contributed by atoms with Crippen molar-refractivity contribution in [3.05, 3.63) is 47.6 Å². The van der Waals surface area contributed by atoms with Crippen LogP contribution in [0.5, 0.6) is 0 Å². The van der Waals surface area contributed by atoms with E-state index < -0.39 is 6.10 Å². The lowest BCUT2D eigenvalue weighted by Gasteiger charge is -2.34. The predicted octanol–water partition coefficient (Wildman–Crippen LogP) is 2.08. The molecule has 1 aromatic carbocycles. The summed E-state index contributed by atoms with van der Waals surface area (Å²) < 4.78 is 5.02. The van der Waals surface area contributed by atoms with Crippen LogP contribution in [0.3, 0.4) is 0 Å².